The Morgan fingerprint density at radius 2 is 2.07 bits per heavy atom. The van der Waals surface area contributed by atoms with Gasteiger partial charge < -0.3 is 10.1 Å². The first-order chi connectivity index (χ1) is 14.4. The molecular formula is C20H20ClN3O4S2. The number of carbonyl (C=O) groups excluding carboxylic acids is 1. The summed E-state index contributed by atoms with van der Waals surface area (Å²) in [5.74, 6) is 0.265. The van der Waals surface area contributed by atoms with Gasteiger partial charge in [-0.2, -0.15) is 4.31 Å². The van der Waals surface area contributed by atoms with Crippen molar-refractivity contribution in [3.8, 4) is 5.75 Å². The van der Waals surface area contributed by atoms with Gasteiger partial charge in [0, 0.05) is 11.6 Å². The number of benzene rings is 2. The predicted octanol–water partition coefficient (Wildman–Crippen LogP) is 4.14. The average molecular weight is 466 g/mol. The van der Waals surface area contributed by atoms with Crippen LogP contribution in [0.3, 0.4) is 0 Å². The van der Waals surface area contributed by atoms with Gasteiger partial charge >= 0.3 is 0 Å². The number of halogens is 1. The highest BCUT2D eigenvalue weighted by Crippen LogP contribution is 2.33. The summed E-state index contributed by atoms with van der Waals surface area (Å²) in [6, 6.07) is 10.8. The van der Waals surface area contributed by atoms with Crippen molar-refractivity contribution in [2.45, 2.75) is 30.7 Å². The summed E-state index contributed by atoms with van der Waals surface area (Å²) in [5, 5.41) is 3.66. The average Bonchev–Trinajstić information content (AvgIpc) is 3.36. The summed E-state index contributed by atoms with van der Waals surface area (Å²) in [4.78, 5) is 17.5. The van der Waals surface area contributed by atoms with Crippen LogP contribution in [0.15, 0.2) is 47.4 Å². The van der Waals surface area contributed by atoms with E-state index in [-0.39, 0.29) is 17.3 Å². The van der Waals surface area contributed by atoms with Gasteiger partial charge in [-0.1, -0.05) is 29.0 Å². The highest BCUT2D eigenvalue weighted by atomic mass is 35.5. The fourth-order valence-electron chi connectivity index (χ4n) is 3.47. The standard InChI is InChI=1S/C20H20ClN3O4S2/c1-2-28-16-6-3-7-17-18(16)22-20(29-17)23-19(25)15-5-4-12-24(15)30(26,27)14-10-8-13(21)9-11-14/h3,6-11,15H,2,4-5,12H2,1H3,(H,22,23,25). The summed E-state index contributed by atoms with van der Waals surface area (Å²) in [6.45, 7) is 2.69. The van der Waals surface area contributed by atoms with Crippen LogP contribution in [0.2, 0.25) is 5.02 Å². The SMILES string of the molecule is CCOc1cccc2sc(NC(=O)C3CCCN3S(=O)(=O)c3ccc(Cl)cc3)nc12. The number of fused-ring (bicyclic) bond motifs is 1. The number of anilines is 1. The molecule has 7 nitrogen and oxygen atoms in total. The van der Waals surface area contributed by atoms with Crippen molar-refractivity contribution >= 4 is 54.2 Å². The molecule has 0 spiro atoms. The Balaban J connectivity index is 1.56. The van der Waals surface area contributed by atoms with E-state index in [0.717, 1.165) is 4.70 Å². The Kier molecular flexibility index (Phi) is 5.97. The number of rotatable bonds is 6. The first-order valence-electron chi connectivity index (χ1n) is 9.51. The molecule has 1 unspecified atom stereocenters. The zero-order valence-electron chi connectivity index (χ0n) is 16.2. The van der Waals surface area contributed by atoms with Crippen molar-refractivity contribution in [3.63, 3.8) is 0 Å². The molecule has 30 heavy (non-hydrogen) atoms. The largest absolute Gasteiger partial charge is 0.492 e. The second-order valence-corrected chi connectivity index (χ2v) is 10.1. The molecule has 0 bridgehead atoms. The molecule has 0 radical (unpaired) electrons. The third-order valence-corrected chi connectivity index (χ3v) is 7.95. The van der Waals surface area contributed by atoms with E-state index >= 15 is 0 Å². The highest BCUT2D eigenvalue weighted by Gasteiger charge is 2.39. The van der Waals surface area contributed by atoms with Gasteiger partial charge in [-0.05, 0) is 56.2 Å². The van der Waals surface area contributed by atoms with Crippen LogP contribution in [0, 0.1) is 0 Å². The summed E-state index contributed by atoms with van der Waals surface area (Å²) in [5.41, 5.74) is 0.678. The number of aromatic nitrogens is 1. The van der Waals surface area contributed by atoms with E-state index in [2.05, 4.69) is 10.3 Å². The van der Waals surface area contributed by atoms with Gasteiger partial charge in [-0.15, -0.1) is 0 Å². The van der Waals surface area contributed by atoms with Crippen LogP contribution in [0.1, 0.15) is 19.8 Å². The van der Waals surface area contributed by atoms with Gasteiger partial charge in [0.25, 0.3) is 0 Å². The quantitative estimate of drug-likeness (QED) is 0.591. The topological polar surface area (TPSA) is 88.6 Å². The van der Waals surface area contributed by atoms with E-state index < -0.39 is 16.1 Å². The van der Waals surface area contributed by atoms with Crippen LogP contribution in [0.5, 0.6) is 5.75 Å². The molecule has 1 N–H and O–H groups in total. The number of hydrogen-bond acceptors (Lipinski definition) is 6. The number of nitrogens with zero attached hydrogens (tertiary/aromatic N) is 2. The number of amides is 1. The van der Waals surface area contributed by atoms with Crippen LogP contribution in [-0.2, 0) is 14.8 Å². The van der Waals surface area contributed by atoms with Crippen molar-refractivity contribution < 1.29 is 17.9 Å². The smallest absolute Gasteiger partial charge is 0.244 e. The molecule has 0 aliphatic carbocycles. The monoisotopic (exact) mass is 465 g/mol. The van der Waals surface area contributed by atoms with Crippen molar-refractivity contribution in [2.75, 3.05) is 18.5 Å². The lowest BCUT2D eigenvalue weighted by molar-refractivity contribution is -0.119. The van der Waals surface area contributed by atoms with Gasteiger partial charge in [0.15, 0.2) is 5.13 Å². The van der Waals surface area contributed by atoms with E-state index in [4.69, 9.17) is 16.3 Å². The lowest BCUT2D eigenvalue weighted by Gasteiger charge is -2.23. The van der Waals surface area contributed by atoms with E-state index in [9.17, 15) is 13.2 Å². The van der Waals surface area contributed by atoms with E-state index in [0.29, 0.717) is 40.9 Å². The maximum Gasteiger partial charge on any atom is 0.244 e. The Morgan fingerprint density at radius 3 is 2.80 bits per heavy atom. The lowest BCUT2D eigenvalue weighted by atomic mass is 10.2. The highest BCUT2D eigenvalue weighted by molar-refractivity contribution is 7.89. The van der Waals surface area contributed by atoms with Crippen molar-refractivity contribution in [1.29, 1.82) is 0 Å². The van der Waals surface area contributed by atoms with Gasteiger partial charge in [0.1, 0.15) is 17.3 Å². The van der Waals surface area contributed by atoms with Crippen LogP contribution in [0.4, 0.5) is 5.13 Å². The maximum absolute atomic E-state index is 13.0. The number of thiazole rings is 1. The van der Waals surface area contributed by atoms with Gasteiger partial charge in [0.05, 0.1) is 16.2 Å². The molecule has 1 fully saturated rings. The molecule has 1 aliphatic rings. The third kappa shape index (κ3) is 4.02. The minimum atomic E-state index is -3.80. The van der Waals surface area contributed by atoms with Crippen LogP contribution in [-0.4, -0.2) is 42.8 Å². The number of hydrogen-bond donors (Lipinski definition) is 1. The van der Waals surface area contributed by atoms with Crippen LogP contribution < -0.4 is 10.1 Å². The predicted molar refractivity (Wildman–Crippen MR) is 118 cm³/mol. The molecule has 10 heteroatoms. The Hall–Kier alpha value is -2.20. The molecule has 3 aromatic rings. The summed E-state index contributed by atoms with van der Waals surface area (Å²) < 4.78 is 33.8. The molecule has 2 heterocycles. The molecule has 1 saturated heterocycles. The molecule has 158 valence electrons. The number of para-hydroxylation sites is 1. The third-order valence-electron chi connectivity index (χ3n) is 4.84. The van der Waals surface area contributed by atoms with Crippen molar-refractivity contribution in [1.82, 2.24) is 9.29 Å². The number of ether oxygens (including phenoxy) is 1. The minimum Gasteiger partial charge on any atom is -0.492 e. The fraction of sp³-hybridized carbons (Fsp3) is 0.300. The Labute approximate surface area is 183 Å². The van der Waals surface area contributed by atoms with Gasteiger partial charge in [0.2, 0.25) is 15.9 Å². The normalized spacial score (nSPS) is 17.3. The molecule has 0 saturated carbocycles. The first-order valence-corrected chi connectivity index (χ1v) is 12.1. The first kappa shape index (κ1) is 21.0. The zero-order valence-corrected chi connectivity index (χ0v) is 18.6. The molecule has 2 aromatic carbocycles. The number of nitrogens with one attached hydrogen (secondary N) is 1. The van der Waals surface area contributed by atoms with E-state index in [1.54, 1.807) is 0 Å². The van der Waals surface area contributed by atoms with E-state index in [1.165, 1.54) is 39.9 Å². The maximum atomic E-state index is 13.0. The Bertz CT molecular complexity index is 1180. The molecular weight excluding hydrogens is 446 g/mol. The zero-order chi connectivity index (χ0) is 21.3. The number of carbonyl (C=O) groups is 1. The summed E-state index contributed by atoms with van der Waals surface area (Å²) in [6.07, 6.45) is 1.06. The molecule has 1 aromatic heterocycles. The van der Waals surface area contributed by atoms with Crippen molar-refractivity contribution in [3.05, 3.63) is 47.5 Å². The Morgan fingerprint density at radius 1 is 1.30 bits per heavy atom. The van der Waals surface area contributed by atoms with Gasteiger partial charge in [-0.3, -0.25) is 4.79 Å². The lowest BCUT2D eigenvalue weighted by Crippen LogP contribution is -2.43. The van der Waals surface area contributed by atoms with Crippen LogP contribution >= 0.6 is 22.9 Å². The molecule has 1 aliphatic heterocycles. The molecule has 1 amide bonds. The molecule has 4 rings (SSSR count). The second-order valence-electron chi connectivity index (χ2n) is 6.77. The number of sulfonamides is 1. The van der Waals surface area contributed by atoms with Crippen LogP contribution in [0.25, 0.3) is 10.2 Å². The summed E-state index contributed by atoms with van der Waals surface area (Å²) in [7, 11) is -3.80. The minimum absolute atomic E-state index is 0.118. The van der Waals surface area contributed by atoms with E-state index in [1.807, 2.05) is 25.1 Å². The molecule has 1 atom stereocenters. The van der Waals surface area contributed by atoms with Gasteiger partial charge in [-0.25, -0.2) is 13.4 Å². The second kappa shape index (κ2) is 8.50. The fourth-order valence-corrected chi connectivity index (χ4v) is 6.14. The summed E-state index contributed by atoms with van der Waals surface area (Å²) >= 11 is 7.19. The van der Waals surface area contributed by atoms with Crippen molar-refractivity contribution in [2.24, 2.45) is 0 Å².